The highest BCUT2D eigenvalue weighted by Crippen LogP contribution is 2.28. The third-order valence-electron chi connectivity index (χ3n) is 3.56. The van der Waals surface area contributed by atoms with E-state index in [1.807, 2.05) is 30.3 Å². The summed E-state index contributed by atoms with van der Waals surface area (Å²) in [5.74, 6) is 1.32. The molecule has 0 saturated heterocycles. The highest BCUT2D eigenvalue weighted by Gasteiger charge is 2.15. The fourth-order valence-electron chi connectivity index (χ4n) is 2.29. The third kappa shape index (κ3) is 4.14. The van der Waals surface area contributed by atoms with Gasteiger partial charge in [0, 0.05) is 0 Å². The first-order valence-corrected chi connectivity index (χ1v) is 9.87. The van der Waals surface area contributed by atoms with E-state index in [9.17, 15) is 4.79 Å². The first-order chi connectivity index (χ1) is 12.6. The van der Waals surface area contributed by atoms with Crippen LogP contribution in [0.5, 0.6) is 11.5 Å². The molecule has 1 aromatic heterocycles. The maximum atomic E-state index is 12.6. The number of benzene rings is 2. The molecule has 0 aliphatic heterocycles. The van der Waals surface area contributed by atoms with Crippen LogP contribution in [0.1, 0.15) is 10.4 Å². The van der Waals surface area contributed by atoms with Gasteiger partial charge >= 0.3 is 0 Å². The number of hydrogen-bond acceptors (Lipinski definition) is 7. The number of rotatable bonds is 7. The normalized spacial score (nSPS) is 10.5. The molecule has 0 amide bonds. The summed E-state index contributed by atoms with van der Waals surface area (Å²) >= 11 is 8.13. The van der Waals surface area contributed by atoms with Crippen LogP contribution in [0.4, 0.5) is 0 Å². The lowest BCUT2D eigenvalue weighted by Crippen LogP contribution is -2.05. The zero-order valence-corrected chi connectivity index (χ0v) is 16.6. The Balaban J connectivity index is 1.76. The zero-order chi connectivity index (χ0) is 18.5. The SMILES string of the molecule is COc1ccc(OC)c(C(=O)CSc2nn(-c3ccccc3)c(=S)s2)c1. The second-order valence-electron chi connectivity index (χ2n) is 5.16. The minimum Gasteiger partial charge on any atom is -0.497 e. The average molecular weight is 405 g/mol. The second kappa shape index (κ2) is 8.48. The van der Waals surface area contributed by atoms with Crippen molar-refractivity contribution in [2.75, 3.05) is 20.0 Å². The Kier molecular flexibility index (Phi) is 6.08. The topological polar surface area (TPSA) is 53.4 Å². The highest BCUT2D eigenvalue weighted by atomic mass is 32.2. The van der Waals surface area contributed by atoms with Gasteiger partial charge < -0.3 is 9.47 Å². The summed E-state index contributed by atoms with van der Waals surface area (Å²) in [4.78, 5) is 12.6. The van der Waals surface area contributed by atoms with Crippen molar-refractivity contribution in [1.82, 2.24) is 9.78 Å². The Bertz CT molecular complexity index is 967. The summed E-state index contributed by atoms with van der Waals surface area (Å²) in [5.41, 5.74) is 1.40. The van der Waals surface area contributed by atoms with Gasteiger partial charge in [0.25, 0.3) is 0 Å². The van der Waals surface area contributed by atoms with Crippen molar-refractivity contribution in [1.29, 1.82) is 0 Å². The van der Waals surface area contributed by atoms with Gasteiger partial charge in [0.1, 0.15) is 11.5 Å². The molecule has 0 spiro atoms. The van der Waals surface area contributed by atoms with Gasteiger partial charge in [-0.15, -0.1) is 5.10 Å². The molecule has 1 heterocycles. The minimum absolute atomic E-state index is 0.0573. The molecule has 0 bridgehead atoms. The number of ether oxygens (including phenoxy) is 2. The molecule has 0 aliphatic rings. The molecule has 26 heavy (non-hydrogen) atoms. The number of Topliss-reactive ketones (excluding diaryl/α,β-unsaturated/α-hetero) is 1. The van der Waals surface area contributed by atoms with Crippen LogP contribution in [0.15, 0.2) is 52.9 Å². The average Bonchev–Trinajstić information content (AvgIpc) is 3.06. The predicted octanol–water partition coefficient (Wildman–Crippen LogP) is 4.66. The fraction of sp³-hybridized carbons (Fsp3) is 0.167. The van der Waals surface area contributed by atoms with Crippen LogP contribution in [0.2, 0.25) is 0 Å². The van der Waals surface area contributed by atoms with Crippen LogP contribution in [0.25, 0.3) is 5.69 Å². The maximum absolute atomic E-state index is 12.6. The van der Waals surface area contributed by atoms with Gasteiger partial charge in [0.15, 0.2) is 14.1 Å². The van der Waals surface area contributed by atoms with Crippen LogP contribution in [0.3, 0.4) is 0 Å². The summed E-state index contributed by atoms with van der Waals surface area (Å²) < 4.78 is 13.6. The molecule has 3 aromatic rings. The molecule has 3 rings (SSSR count). The highest BCUT2D eigenvalue weighted by molar-refractivity contribution is 8.01. The lowest BCUT2D eigenvalue weighted by Gasteiger charge is -2.09. The Morgan fingerprint density at radius 1 is 1.19 bits per heavy atom. The summed E-state index contributed by atoms with van der Waals surface area (Å²) in [7, 11) is 3.10. The number of ketones is 1. The lowest BCUT2D eigenvalue weighted by molar-refractivity contribution is 0.101. The van der Waals surface area contributed by atoms with E-state index in [1.165, 1.54) is 23.1 Å². The number of aromatic nitrogens is 2. The summed E-state index contributed by atoms with van der Waals surface area (Å²) in [6.07, 6.45) is 0. The van der Waals surface area contributed by atoms with Crippen molar-refractivity contribution < 1.29 is 14.3 Å². The van der Waals surface area contributed by atoms with Crippen molar-refractivity contribution in [3.63, 3.8) is 0 Å². The largest absolute Gasteiger partial charge is 0.497 e. The number of methoxy groups -OCH3 is 2. The first-order valence-electron chi connectivity index (χ1n) is 7.66. The van der Waals surface area contributed by atoms with Crippen molar-refractivity contribution >= 4 is 41.1 Å². The molecule has 0 radical (unpaired) electrons. The van der Waals surface area contributed by atoms with E-state index in [1.54, 1.807) is 37.1 Å². The maximum Gasteiger partial charge on any atom is 0.184 e. The Labute approximate surface area is 164 Å². The van der Waals surface area contributed by atoms with Gasteiger partial charge in [-0.1, -0.05) is 41.3 Å². The van der Waals surface area contributed by atoms with E-state index in [0.717, 1.165) is 10.0 Å². The molecule has 8 heteroatoms. The second-order valence-corrected chi connectivity index (χ2v) is 8.00. The number of nitrogens with zero attached hydrogens (tertiary/aromatic N) is 2. The zero-order valence-electron chi connectivity index (χ0n) is 14.2. The van der Waals surface area contributed by atoms with E-state index < -0.39 is 0 Å². The monoisotopic (exact) mass is 404 g/mol. The molecule has 0 saturated carbocycles. The number of carbonyl (C=O) groups is 1. The lowest BCUT2D eigenvalue weighted by atomic mass is 10.1. The molecule has 134 valence electrons. The summed E-state index contributed by atoms with van der Waals surface area (Å²) in [5, 5.41) is 4.51. The van der Waals surface area contributed by atoms with Gasteiger partial charge in [-0.2, -0.15) is 0 Å². The van der Waals surface area contributed by atoms with E-state index >= 15 is 0 Å². The summed E-state index contributed by atoms with van der Waals surface area (Å²) in [6.45, 7) is 0. The third-order valence-corrected chi connectivity index (χ3v) is 5.93. The predicted molar refractivity (Wildman–Crippen MR) is 107 cm³/mol. The molecule has 5 nitrogen and oxygen atoms in total. The van der Waals surface area contributed by atoms with Gasteiger partial charge in [0.2, 0.25) is 0 Å². The summed E-state index contributed by atoms with van der Waals surface area (Å²) in [6, 6.07) is 14.9. The Morgan fingerprint density at radius 2 is 1.96 bits per heavy atom. The molecule has 0 N–H and O–H groups in total. The van der Waals surface area contributed by atoms with Crippen LogP contribution in [-0.2, 0) is 0 Å². The van der Waals surface area contributed by atoms with Gasteiger partial charge in [-0.25, -0.2) is 4.68 Å². The Morgan fingerprint density at radius 3 is 2.65 bits per heavy atom. The van der Waals surface area contributed by atoms with Gasteiger partial charge in [-0.05, 0) is 42.5 Å². The van der Waals surface area contributed by atoms with E-state index in [2.05, 4.69) is 5.10 Å². The smallest absolute Gasteiger partial charge is 0.184 e. The van der Waals surface area contributed by atoms with Crippen molar-refractivity contribution in [2.45, 2.75) is 4.34 Å². The van der Waals surface area contributed by atoms with Crippen molar-refractivity contribution in [3.05, 3.63) is 58.0 Å². The fourth-order valence-corrected chi connectivity index (χ4v) is 4.53. The first kappa shape index (κ1) is 18.6. The number of para-hydroxylation sites is 1. The molecule has 0 fully saturated rings. The van der Waals surface area contributed by atoms with E-state index in [-0.39, 0.29) is 11.5 Å². The van der Waals surface area contributed by atoms with Crippen LogP contribution in [-0.4, -0.2) is 35.5 Å². The molecule has 2 aromatic carbocycles. The molecular weight excluding hydrogens is 388 g/mol. The standard InChI is InChI=1S/C18H16N2O3S3/c1-22-13-8-9-16(23-2)14(10-13)15(21)11-25-17-19-20(18(24)26-17)12-6-4-3-5-7-12/h3-10H,11H2,1-2H3. The van der Waals surface area contributed by atoms with Crippen molar-refractivity contribution in [2.24, 2.45) is 0 Å². The van der Waals surface area contributed by atoms with Gasteiger partial charge in [0.05, 0.1) is 31.2 Å². The van der Waals surface area contributed by atoms with Crippen LogP contribution < -0.4 is 9.47 Å². The van der Waals surface area contributed by atoms with Crippen LogP contribution >= 0.6 is 35.3 Å². The number of hydrogen-bond donors (Lipinski definition) is 0. The molecule has 0 aliphatic carbocycles. The molecule has 0 atom stereocenters. The molecular formula is C18H16N2O3S3. The number of thioether (sulfide) groups is 1. The van der Waals surface area contributed by atoms with Crippen LogP contribution in [0, 0.1) is 3.95 Å². The minimum atomic E-state index is -0.0573. The van der Waals surface area contributed by atoms with Crippen molar-refractivity contribution in [3.8, 4) is 17.2 Å². The number of carbonyl (C=O) groups excluding carboxylic acids is 1. The molecule has 0 unspecified atom stereocenters. The van der Waals surface area contributed by atoms with Gasteiger partial charge in [-0.3, -0.25) is 4.79 Å². The Hall–Kier alpha value is -2.16. The van der Waals surface area contributed by atoms with E-state index in [4.69, 9.17) is 21.7 Å². The quantitative estimate of drug-likeness (QED) is 0.324. The van der Waals surface area contributed by atoms with E-state index in [0.29, 0.717) is 21.0 Å².